The zero-order valence-corrected chi connectivity index (χ0v) is 10.2. The molecule has 2 nitrogen and oxygen atoms in total. The van der Waals surface area contributed by atoms with Gasteiger partial charge in [0.2, 0.25) is 0 Å². The van der Waals surface area contributed by atoms with Gasteiger partial charge in [-0.15, -0.1) is 0 Å². The second kappa shape index (κ2) is 4.42. The fraction of sp³-hybridized carbons (Fsp3) is 1.00. The van der Waals surface area contributed by atoms with Crippen molar-refractivity contribution >= 4 is 11.8 Å². The van der Waals surface area contributed by atoms with Crippen LogP contribution in [0.5, 0.6) is 0 Å². The average molecular weight is 214 g/mol. The number of hydrogen-bond acceptors (Lipinski definition) is 3. The van der Waals surface area contributed by atoms with E-state index in [4.69, 9.17) is 0 Å². The molecular weight excluding hydrogens is 192 g/mol. The van der Waals surface area contributed by atoms with Crippen LogP contribution < -0.4 is 5.32 Å². The minimum atomic E-state index is 0.559. The first-order chi connectivity index (χ1) is 6.70. The molecule has 0 radical (unpaired) electrons. The Morgan fingerprint density at radius 2 is 2.21 bits per heavy atom. The van der Waals surface area contributed by atoms with Gasteiger partial charge in [0.1, 0.15) is 0 Å². The largest absolute Gasteiger partial charge is 0.315 e. The Morgan fingerprint density at radius 1 is 1.43 bits per heavy atom. The summed E-state index contributed by atoms with van der Waals surface area (Å²) in [4.78, 5) is 2.70. The fourth-order valence-electron chi connectivity index (χ4n) is 2.33. The molecule has 0 amide bonds. The van der Waals surface area contributed by atoms with Crippen LogP contribution in [0.15, 0.2) is 0 Å². The van der Waals surface area contributed by atoms with Crippen LogP contribution in [-0.2, 0) is 0 Å². The fourth-order valence-corrected chi connectivity index (χ4v) is 3.41. The third-order valence-electron chi connectivity index (χ3n) is 3.51. The molecule has 1 N–H and O–H groups in total. The lowest BCUT2D eigenvalue weighted by Crippen LogP contribution is -2.58. The van der Waals surface area contributed by atoms with Gasteiger partial charge in [-0.2, -0.15) is 11.8 Å². The summed E-state index contributed by atoms with van der Waals surface area (Å²) in [6.07, 6.45) is 1.37. The topological polar surface area (TPSA) is 15.3 Å². The van der Waals surface area contributed by atoms with Gasteiger partial charge in [-0.1, -0.05) is 6.92 Å². The van der Waals surface area contributed by atoms with Crippen molar-refractivity contribution in [3.05, 3.63) is 0 Å². The molecule has 2 heterocycles. The van der Waals surface area contributed by atoms with Gasteiger partial charge in [-0.05, 0) is 19.1 Å². The summed E-state index contributed by atoms with van der Waals surface area (Å²) in [5, 5.41) is 3.39. The molecule has 2 rings (SSSR count). The van der Waals surface area contributed by atoms with E-state index in [0.717, 1.165) is 6.04 Å². The van der Waals surface area contributed by atoms with Crippen LogP contribution in [0, 0.1) is 5.41 Å². The molecule has 2 aliphatic heterocycles. The molecule has 3 heteroatoms. The normalized spacial score (nSPS) is 33.4. The van der Waals surface area contributed by atoms with Crippen molar-refractivity contribution < 1.29 is 0 Å². The summed E-state index contributed by atoms with van der Waals surface area (Å²) in [7, 11) is 0. The van der Waals surface area contributed by atoms with Crippen LogP contribution in [-0.4, -0.2) is 48.6 Å². The van der Waals surface area contributed by atoms with Gasteiger partial charge in [0.15, 0.2) is 0 Å². The maximum Gasteiger partial charge on any atom is 0.00754 e. The van der Waals surface area contributed by atoms with Gasteiger partial charge >= 0.3 is 0 Å². The molecule has 0 aliphatic carbocycles. The number of nitrogens with zero attached hydrogens (tertiary/aromatic N) is 1. The van der Waals surface area contributed by atoms with Crippen LogP contribution in [0.25, 0.3) is 0 Å². The molecule has 2 aliphatic rings. The van der Waals surface area contributed by atoms with E-state index in [1.165, 1.54) is 44.1 Å². The number of hydrogen-bond donors (Lipinski definition) is 1. The highest BCUT2D eigenvalue weighted by molar-refractivity contribution is 7.99. The van der Waals surface area contributed by atoms with Gasteiger partial charge in [-0.3, -0.25) is 4.90 Å². The van der Waals surface area contributed by atoms with Crippen molar-refractivity contribution in [2.24, 2.45) is 5.41 Å². The van der Waals surface area contributed by atoms with E-state index in [2.05, 4.69) is 35.8 Å². The van der Waals surface area contributed by atoms with E-state index < -0.39 is 0 Å². The first-order valence-electron chi connectivity index (χ1n) is 5.72. The second-order valence-electron chi connectivity index (χ2n) is 5.13. The summed E-state index contributed by atoms with van der Waals surface area (Å²) >= 11 is 2.12. The standard InChI is InChI=1S/C11H22N2S/c1-10-3-5-14-6-4-13(10)9-11(2)7-12-8-11/h10,12H,3-9H2,1-2H3. The van der Waals surface area contributed by atoms with Crippen LogP contribution in [0.4, 0.5) is 0 Å². The molecule has 2 saturated heterocycles. The van der Waals surface area contributed by atoms with Gasteiger partial charge in [0.25, 0.3) is 0 Å². The predicted molar refractivity (Wildman–Crippen MR) is 64.0 cm³/mol. The van der Waals surface area contributed by atoms with Crippen molar-refractivity contribution in [3.63, 3.8) is 0 Å². The monoisotopic (exact) mass is 214 g/mol. The maximum atomic E-state index is 3.39. The van der Waals surface area contributed by atoms with Crippen molar-refractivity contribution in [2.45, 2.75) is 26.3 Å². The molecule has 0 aromatic carbocycles. The Labute approximate surface area is 91.8 Å². The molecule has 0 aromatic heterocycles. The zero-order chi connectivity index (χ0) is 10.0. The Bertz CT molecular complexity index is 192. The lowest BCUT2D eigenvalue weighted by atomic mass is 9.83. The molecule has 82 valence electrons. The summed E-state index contributed by atoms with van der Waals surface area (Å²) < 4.78 is 0. The van der Waals surface area contributed by atoms with Gasteiger partial charge in [0, 0.05) is 43.4 Å². The minimum Gasteiger partial charge on any atom is -0.315 e. The Hall–Kier alpha value is 0.270. The molecule has 0 aromatic rings. The minimum absolute atomic E-state index is 0.559. The first-order valence-corrected chi connectivity index (χ1v) is 6.88. The summed E-state index contributed by atoms with van der Waals surface area (Å²) in [6.45, 7) is 9.81. The lowest BCUT2D eigenvalue weighted by Gasteiger charge is -2.44. The summed E-state index contributed by atoms with van der Waals surface area (Å²) in [5.41, 5.74) is 0.559. The van der Waals surface area contributed by atoms with E-state index in [-0.39, 0.29) is 0 Å². The second-order valence-corrected chi connectivity index (χ2v) is 6.36. The Balaban J connectivity index is 1.87. The van der Waals surface area contributed by atoms with Crippen molar-refractivity contribution in [2.75, 3.05) is 37.7 Å². The average Bonchev–Trinajstić information content (AvgIpc) is 2.29. The summed E-state index contributed by atoms with van der Waals surface area (Å²) in [6, 6.07) is 0.794. The molecule has 1 unspecified atom stereocenters. The highest BCUT2D eigenvalue weighted by Crippen LogP contribution is 2.26. The molecule has 0 saturated carbocycles. The van der Waals surface area contributed by atoms with Crippen molar-refractivity contribution in [3.8, 4) is 0 Å². The smallest absolute Gasteiger partial charge is 0.00754 e. The summed E-state index contributed by atoms with van der Waals surface area (Å²) in [5.74, 6) is 2.68. The highest BCUT2D eigenvalue weighted by Gasteiger charge is 2.34. The molecule has 0 spiro atoms. The van der Waals surface area contributed by atoms with E-state index in [9.17, 15) is 0 Å². The molecule has 14 heavy (non-hydrogen) atoms. The third-order valence-corrected chi connectivity index (χ3v) is 4.51. The van der Waals surface area contributed by atoms with Crippen molar-refractivity contribution in [1.82, 2.24) is 10.2 Å². The SMILES string of the molecule is CC1CCSCCN1CC1(C)CNC1. The number of nitrogens with one attached hydrogen (secondary N) is 1. The Kier molecular flexibility index (Phi) is 3.40. The van der Waals surface area contributed by atoms with E-state index in [1.54, 1.807) is 0 Å². The molecule has 1 atom stereocenters. The predicted octanol–water partition coefficient (Wildman–Crippen LogP) is 1.42. The zero-order valence-electron chi connectivity index (χ0n) is 9.38. The molecule has 2 fully saturated rings. The van der Waals surface area contributed by atoms with Crippen LogP contribution in [0.2, 0.25) is 0 Å². The van der Waals surface area contributed by atoms with Gasteiger partial charge < -0.3 is 5.32 Å². The number of thioether (sulfide) groups is 1. The maximum absolute atomic E-state index is 3.39. The quantitative estimate of drug-likeness (QED) is 0.748. The molecular formula is C11H22N2S. The Morgan fingerprint density at radius 3 is 2.86 bits per heavy atom. The van der Waals surface area contributed by atoms with Gasteiger partial charge in [0.05, 0.1) is 0 Å². The molecule has 0 bridgehead atoms. The van der Waals surface area contributed by atoms with Crippen molar-refractivity contribution in [1.29, 1.82) is 0 Å². The van der Waals surface area contributed by atoms with Crippen LogP contribution in [0.3, 0.4) is 0 Å². The van der Waals surface area contributed by atoms with E-state index in [1.807, 2.05) is 0 Å². The van der Waals surface area contributed by atoms with Gasteiger partial charge in [-0.25, -0.2) is 0 Å². The van der Waals surface area contributed by atoms with E-state index in [0.29, 0.717) is 5.41 Å². The first kappa shape index (κ1) is 10.8. The lowest BCUT2D eigenvalue weighted by molar-refractivity contribution is 0.0884. The van der Waals surface area contributed by atoms with Crippen LogP contribution >= 0.6 is 11.8 Å². The van der Waals surface area contributed by atoms with E-state index >= 15 is 0 Å². The third kappa shape index (κ3) is 2.44. The number of rotatable bonds is 2. The highest BCUT2D eigenvalue weighted by atomic mass is 32.2. The van der Waals surface area contributed by atoms with Crippen LogP contribution in [0.1, 0.15) is 20.3 Å².